The Bertz CT molecular complexity index is 929. The Balaban J connectivity index is 2.19. The maximum atomic E-state index is 12.3. The van der Waals surface area contributed by atoms with Crippen molar-refractivity contribution in [2.24, 2.45) is 5.92 Å². The van der Waals surface area contributed by atoms with E-state index < -0.39 is 5.54 Å². The molecule has 0 radical (unpaired) electrons. The first-order chi connectivity index (χ1) is 15.3. The Kier molecular flexibility index (Phi) is 9.20. The third kappa shape index (κ3) is 6.29. The van der Waals surface area contributed by atoms with Crippen LogP contribution in [-0.2, 0) is 4.79 Å². The van der Waals surface area contributed by atoms with E-state index in [0.717, 1.165) is 11.8 Å². The summed E-state index contributed by atoms with van der Waals surface area (Å²) in [6.07, 6.45) is 0. The van der Waals surface area contributed by atoms with Crippen molar-refractivity contribution < 1.29 is 23.4 Å². The number of ether oxygens (including phenoxy) is 3. The van der Waals surface area contributed by atoms with Crippen LogP contribution in [0, 0.1) is 17.2 Å². The predicted molar refractivity (Wildman–Crippen MR) is 121 cm³/mol. The smallest absolute Gasteiger partial charge is 0.277 e. The number of nitrogens with one attached hydrogen (secondary N) is 1. The van der Waals surface area contributed by atoms with Gasteiger partial charge in [-0.3, -0.25) is 4.79 Å². The van der Waals surface area contributed by atoms with Gasteiger partial charge in [-0.2, -0.15) is 5.26 Å². The number of rotatable bonds is 12. The van der Waals surface area contributed by atoms with E-state index in [1.54, 1.807) is 19.1 Å². The maximum absolute atomic E-state index is 12.3. The fourth-order valence-electron chi connectivity index (χ4n) is 2.65. The summed E-state index contributed by atoms with van der Waals surface area (Å²) in [6, 6.07) is 5.66. The highest BCUT2D eigenvalue weighted by molar-refractivity contribution is 7.99. The summed E-state index contributed by atoms with van der Waals surface area (Å²) in [5, 5.41) is 20.4. The second-order valence-corrected chi connectivity index (χ2v) is 8.21. The molecule has 0 saturated carbocycles. The van der Waals surface area contributed by atoms with Crippen LogP contribution in [0.5, 0.6) is 17.2 Å². The number of aromatic nitrogens is 2. The van der Waals surface area contributed by atoms with Gasteiger partial charge in [0.25, 0.3) is 5.22 Å². The van der Waals surface area contributed by atoms with Gasteiger partial charge in [0, 0.05) is 5.56 Å². The third-order valence-electron chi connectivity index (χ3n) is 4.68. The molecule has 1 N–H and O–H groups in total. The number of hydrogen-bond acceptors (Lipinski definition) is 9. The molecule has 32 heavy (non-hydrogen) atoms. The third-order valence-corrected chi connectivity index (χ3v) is 5.49. The van der Waals surface area contributed by atoms with Crippen molar-refractivity contribution in [3.05, 3.63) is 12.1 Å². The SMILES string of the molecule is CCOc1cc(-c2nnc(SCC(=O)NC(C)(C#N)C(C)C)o2)cc(OCC)c1OCC. The Hall–Kier alpha value is -2.93. The molecule has 0 bridgehead atoms. The Morgan fingerprint density at radius 3 is 2.25 bits per heavy atom. The van der Waals surface area contributed by atoms with E-state index >= 15 is 0 Å². The molecule has 2 aromatic rings. The number of carbonyl (C=O) groups excluding carboxylic acids is 1. The minimum Gasteiger partial charge on any atom is -0.490 e. The van der Waals surface area contributed by atoms with Gasteiger partial charge in [-0.05, 0) is 45.7 Å². The molecule has 10 heteroatoms. The highest BCUT2D eigenvalue weighted by Crippen LogP contribution is 2.42. The molecule has 1 atom stereocenters. The molecule has 2 rings (SSSR count). The van der Waals surface area contributed by atoms with Gasteiger partial charge in [-0.1, -0.05) is 25.6 Å². The van der Waals surface area contributed by atoms with E-state index in [4.69, 9.17) is 18.6 Å². The lowest BCUT2D eigenvalue weighted by Crippen LogP contribution is -2.49. The standard InChI is InChI=1S/C22H30N4O5S/c1-7-28-16-10-15(11-17(29-8-2)19(16)30-9-3)20-25-26-21(31-20)32-12-18(27)24-22(6,13-23)14(4)5/h10-11,14H,7-9,12H2,1-6H3,(H,24,27). The van der Waals surface area contributed by atoms with Gasteiger partial charge in [0.15, 0.2) is 11.5 Å². The van der Waals surface area contributed by atoms with E-state index in [0.29, 0.717) is 42.6 Å². The zero-order valence-electron chi connectivity index (χ0n) is 19.4. The van der Waals surface area contributed by atoms with Crippen molar-refractivity contribution in [3.8, 4) is 34.8 Å². The van der Waals surface area contributed by atoms with Crippen LogP contribution >= 0.6 is 11.8 Å². The van der Waals surface area contributed by atoms with E-state index in [2.05, 4.69) is 21.6 Å². The number of nitriles is 1. The normalized spacial score (nSPS) is 12.7. The lowest BCUT2D eigenvalue weighted by molar-refractivity contribution is -0.120. The molecule has 1 aromatic heterocycles. The molecule has 1 amide bonds. The van der Waals surface area contributed by atoms with E-state index in [9.17, 15) is 10.1 Å². The summed E-state index contributed by atoms with van der Waals surface area (Å²) < 4.78 is 22.9. The van der Waals surface area contributed by atoms with Crippen molar-refractivity contribution in [1.29, 1.82) is 5.26 Å². The topological polar surface area (TPSA) is 120 Å². The quantitative estimate of drug-likeness (QED) is 0.465. The van der Waals surface area contributed by atoms with E-state index in [1.165, 1.54) is 0 Å². The first kappa shape index (κ1) is 25.3. The number of benzene rings is 1. The minimum atomic E-state index is -0.939. The number of nitrogens with zero attached hydrogens (tertiary/aromatic N) is 3. The van der Waals surface area contributed by atoms with Crippen LogP contribution in [0.25, 0.3) is 11.5 Å². The van der Waals surface area contributed by atoms with Crippen LogP contribution in [0.1, 0.15) is 41.5 Å². The van der Waals surface area contributed by atoms with Crippen molar-refractivity contribution >= 4 is 17.7 Å². The fourth-order valence-corrected chi connectivity index (χ4v) is 3.21. The van der Waals surface area contributed by atoms with E-state index in [-0.39, 0.29) is 28.7 Å². The average Bonchev–Trinajstić information content (AvgIpc) is 3.23. The highest BCUT2D eigenvalue weighted by Gasteiger charge is 2.30. The zero-order valence-corrected chi connectivity index (χ0v) is 20.2. The number of hydrogen-bond donors (Lipinski definition) is 1. The Morgan fingerprint density at radius 1 is 1.16 bits per heavy atom. The van der Waals surface area contributed by atoms with Gasteiger partial charge < -0.3 is 23.9 Å². The zero-order chi connectivity index (χ0) is 23.7. The molecular formula is C22H30N4O5S. The molecule has 0 aliphatic rings. The summed E-state index contributed by atoms with van der Waals surface area (Å²) in [6.45, 7) is 12.5. The monoisotopic (exact) mass is 462 g/mol. The van der Waals surface area contributed by atoms with Crippen LogP contribution in [0.15, 0.2) is 21.8 Å². The van der Waals surface area contributed by atoms with Crippen LogP contribution in [0.2, 0.25) is 0 Å². The maximum Gasteiger partial charge on any atom is 0.277 e. The number of amides is 1. The molecule has 1 heterocycles. The lowest BCUT2D eigenvalue weighted by atomic mass is 9.90. The average molecular weight is 463 g/mol. The molecule has 0 spiro atoms. The second kappa shape index (κ2) is 11.6. The van der Waals surface area contributed by atoms with E-state index in [1.807, 2.05) is 34.6 Å². The minimum absolute atomic E-state index is 0.0322. The van der Waals surface area contributed by atoms with Crippen LogP contribution < -0.4 is 19.5 Å². The van der Waals surface area contributed by atoms with Crippen molar-refractivity contribution in [1.82, 2.24) is 15.5 Å². The highest BCUT2D eigenvalue weighted by atomic mass is 32.2. The second-order valence-electron chi connectivity index (χ2n) is 7.28. The predicted octanol–water partition coefficient (Wildman–Crippen LogP) is 4.08. The van der Waals surface area contributed by atoms with Crippen molar-refractivity contribution in [3.63, 3.8) is 0 Å². The molecule has 0 fully saturated rings. The van der Waals surface area contributed by atoms with Gasteiger partial charge in [0.1, 0.15) is 5.54 Å². The summed E-state index contributed by atoms with van der Waals surface area (Å²) in [7, 11) is 0. The first-order valence-electron chi connectivity index (χ1n) is 10.5. The van der Waals surface area contributed by atoms with Crippen molar-refractivity contribution in [2.75, 3.05) is 25.6 Å². The molecule has 1 aromatic carbocycles. The van der Waals surface area contributed by atoms with Crippen molar-refractivity contribution in [2.45, 2.75) is 52.3 Å². The first-order valence-corrected chi connectivity index (χ1v) is 11.5. The van der Waals surface area contributed by atoms with Gasteiger partial charge in [0.05, 0.1) is 31.6 Å². The summed E-state index contributed by atoms with van der Waals surface area (Å²) in [5.41, 5.74) is -0.327. The van der Waals surface area contributed by atoms with Crippen LogP contribution in [0.4, 0.5) is 0 Å². The van der Waals surface area contributed by atoms with Crippen LogP contribution in [0.3, 0.4) is 0 Å². The number of carbonyl (C=O) groups is 1. The molecule has 0 aliphatic carbocycles. The van der Waals surface area contributed by atoms with Crippen LogP contribution in [-0.4, -0.2) is 47.2 Å². The molecule has 0 saturated heterocycles. The number of thioether (sulfide) groups is 1. The lowest BCUT2D eigenvalue weighted by Gasteiger charge is -2.27. The molecule has 0 aliphatic heterocycles. The molecular weight excluding hydrogens is 432 g/mol. The Morgan fingerprint density at radius 2 is 1.75 bits per heavy atom. The van der Waals surface area contributed by atoms with Gasteiger partial charge in [0.2, 0.25) is 17.5 Å². The molecule has 1 unspecified atom stereocenters. The molecule has 9 nitrogen and oxygen atoms in total. The fraction of sp³-hybridized carbons (Fsp3) is 0.545. The molecule has 174 valence electrons. The summed E-state index contributed by atoms with van der Waals surface area (Å²) in [4.78, 5) is 12.3. The van der Waals surface area contributed by atoms with Gasteiger partial charge >= 0.3 is 0 Å². The summed E-state index contributed by atoms with van der Waals surface area (Å²) >= 11 is 1.10. The largest absolute Gasteiger partial charge is 0.490 e. The van der Waals surface area contributed by atoms with Gasteiger partial charge in [-0.25, -0.2) is 0 Å². The Labute approximate surface area is 192 Å². The van der Waals surface area contributed by atoms with Gasteiger partial charge in [-0.15, -0.1) is 10.2 Å². The summed E-state index contributed by atoms with van der Waals surface area (Å²) in [5.74, 6) is 1.56.